The van der Waals surface area contributed by atoms with Crippen LogP contribution in [0.3, 0.4) is 0 Å². The van der Waals surface area contributed by atoms with Crippen LogP contribution in [-0.4, -0.2) is 189 Å². The van der Waals surface area contributed by atoms with Crippen LogP contribution in [0.15, 0.2) is 273 Å². The molecule has 0 radical (unpaired) electrons. The van der Waals surface area contributed by atoms with Crippen LogP contribution in [0.25, 0.3) is 32.3 Å². The van der Waals surface area contributed by atoms with E-state index < -0.39 is 18.1 Å². The lowest BCUT2D eigenvalue weighted by Crippen LogP contribution is -2.50. The van der Waals surface area contributed by atoms with Crippen LogP contribution in [0, 0.1) is 0 Å². The smallest absolute Gasteiger partial charge is 0.251 e. The highest BCUT2D eigenvalue weighted by molar-refractivity contribution is 6.01. The van der Waals surface area contributed by atoms with Crippen LogP contribution in [0.4, 0.5) is 5.69 Å². The largest absolute Gasteiger partial charge is 0.371 e. The molecule has 20 heteroatoms. The van der Waals surface area contributed by atoms with Gasteiger partial charge in [-0.15, -0.1) is 0 Å². The van der Waals surface area contributed by atoms with Gasteiger partial charge in [0, 0.05) is 149 Å². The van der Waals surface area contributed by atoms with Gasteiger partial charge in [0.05, 0.1) is 24.2 Å². The van der Waals surface area contributed by atoms with E-state index in [4.69, 9.17) is 0 Å². The van der Waals surface area contributed by atoms with Crippen LogP contribution < -0.4 is 47.4 Å². The zero-order chi connectivity index (χ0) is 93.3. The normalized spacial score (nSPS) is 19.2. The van der Waals surface area contributed by atoms with Gasteiger partial charge in [0.15, 0.2) is 0 Å². The lowest BCUT2D eigenvalue weighted by molar-refractivity contribution is -0.134. The van der Waals surface area contributed by atoms with Crippen LogP contribution in [0.5, 0.6) is 0 Å². The zero-order valence-corrected chi connectivity index (χ0v) is 78.8. The quantitative estimate of drug-likeness (QED) is 0.0184. The highest BCUT2D eigenvalue weighted by Gasteiger charge is 2.38. The van der Waals surface area contributed by atoms with E-state index in [1.807, 2.05) is 187 Å². The first-order valence-corrected chi connectivity index (χ1v) is 49.5. The van der Waals surface area contributed by atoms with Gasteiger partial charge < -0.3 is 62.1 Å². The molecule has 8 N–H and O–H groups in total. The number of carbonyl (C=O) groups is 8. The van der Waals surface area contributed by atoms with Crippen molar-refractivity contribution < 1.29 is 38.4 Å². The average Bonchev–Trinajstić information content (AvgIpc) is 1.83. The molecule has 1 aliphatic carbocycles. The van der Waals surface area contributed by atoms with Crippen molar-refractivity contribution >= 4 is 85.1 Å². The first-order valence-electron chi connectivity index (χ1n) is 49.5. The Morgan fingerprint density at radius 2 is 0.754 bits per heavy atom. The summed E-state index contributed by atoms with van der Waals surface area (Å²) in [5.74, 6) is 0.513. The Balaban J connectivity index is 0.000000162. The van der Waals surface area contributed by atoms with E-state index in [0.29, 0.717) is 114 Å². The van der Waals surface area contributed by atoms with Gasteiger partial charge >= 0.3 is 0 Å². The summed E-state index contributed by atoms with van der Waals surface area (Å²) in [6, 6.07) is 90.1. The molecule has 11 aromatic rings. The number of nitrogens with one attached hydrogen (secondary N) is 8. The molecule has 7 amide bonds. The van der Waals surface area contributed by atoms with Gasteiger partial charge in [-0.2, -0.15) is 0 Å². The number of para-hydroxylation sites is 1. The van der Waals surface area contributed by atoms with E-state index in [-0.39, 0.29) is 95.1 Å². The van der Waals surface area contributed by atoms with Crippen molar-refractivity contribution in [1.29, 1.82) is 0 Å². The van der Waals surface area contributed by atoms with Crippen molar-refractivity contribution in [2.24, 2.45) is 0 Å². The van der Waals surface area contributed by atoms with Gasteiger partial charge in [-0.25, -0.2) is 0 Å². The molecule has 4 heterocycles. The minimum Gasteiger partial charge on any atom is -0.371 e. The maximum Gasteiger partial charge on any atom is 0.251 e. The molecule has 4 saturated heterocycles. The fourth-order valence-corrected chi connectivity index (χ4v) is 19.8. The van der Waals surface area contributed by atoms with Crippen molar-refractivity contribution in [3.63, 3.8) is 0 Å². The molecule has 134 heavy (non-hydrogen) atoms. The van der Waals surface area contributed by atoms with E-state index in [9.17, 15) is 38.4 Å². The number of anilines is 1. The summed E-state index contributed by atoms with van der Waals surface area (Å²) >= 11 is 0. The monoisotopic (exact) mass is 1800 g/mol. The Kier molecular flexibility index (Phi) is 36.7. The van der Waals surface area contributed by atoms with E-state index in [0.717, 1.165) is 110 Å². The lowest BCUT2D eigenvalue weighted by Gasteiger charge is -2.32. The SMILES string of the molecule is CCCNC(C)C(=O)CC[C@@H]1N[C@H](CNC(=O)c2ccc3ccccc3c2)CCN(C[C@@H](CC)c2ccccc2)C1=O.CC[C@H](CN1CC[C@@H](CNC(=O)c2ccc3ccccc3c2)N[C@@H](CCC(=O)NC2CCCCC2)C1=O)c1ccccc1.O=C(NC[C@@H]1CCN(CC(c2ccccc2)c2ccccc2)C(=O)[C@H](Cc2ccccc2N2CCCCC2)N1)c1ccc2ccccc2c1. The molecule has 702 valence electrons. The fraction of sp³-hybridized carbons (Fsp3) is 0.404. The van der Waals surface area contributed by atoms with E-state index in [1.165, 1.54) is 59.2 Å². The molecule has 4 aliphatic heterocycles. The Hall–Kier alpha value is -12.2. The maximum atomic E-state index is 14.6. The number of benzene rings is 11. The number of ketones is 1. The topological polar surface area (TPSA) is 246 Å². The first-order chi connectivity index (χ1) is 65.5. The highest BCUT2D eigenvalue weighted by Crippen LogP contribution is 2.33. The van der Waals surface area contributed by atoms with Crippen LogP contribution in [0.2, 0.25) is 0 Å². The van der Waals surface area contributed by atoms with E-state index >= 15 is 0 Å². The van der Waals surface area contributed by atoms with Gasteiger partial charge in [0.25, 0.3) is 17.7 Å². The fourth-order valence-electron chi connectivity index (χ4n) is 19.8. The second-order valence-corrected chi connectivity index (χ2v) is 37.2. The number of amides is 7. The third kappa shape index (κ3) is 27.8. The van der Waals surface area contributed by atoms with Crippen molar-refractivity contribution in [3.8, 4) is 0 Å². The molecule has 0 aromatic heterocycles. The van der Waals surface area contributed by atoms with Crippen molar-refractivity contribution in [2.45, 2.75) is 216 Å². The summed E-state index contributed by atoms with van der Waals surface area (Å²) in [7, 11) is 0. The number of rotatable bonds is 35. The van der Waals surface area contributed by atoms with Crippen molar-refractivity contribution in [1.82, 2.24) is 57.2 Å². The summed E-state index contributed by atoms with van der Waals surface area (Å²) in [6.07, 6.45) is 16.4. The highest BCUT2D eigenvalue weighted by atomic mass is 16.2. The van der Waals surface area contributed by atoms with Crippen LogP contribution >= 0.6 is 0 Å². The summed E-state index contributed by atoms with van der Waals surface area (Å²) in [5.41, 5.74) is 9.17. The number of carbonyl (C=O) groups excluding carboxylic acids is 8. The Morgan fingerprint density at radius 3 is 1.19 bits per heavy atom. The average molecular weight is 1800 g/mol. The summed E-state index contributed by atoms with van der Waals surface area (Å²) in [4.78, 5) is 116. The molecule has 5 fully saturated rings. The second kappa shape index (κ2) is 50.2. The number of fused-ring (bicyclic) bond motifs is 3. The third-order valence-corrected chi connectivity index (χ3v) is 27.8. The zero-order valence-electron chi connectivity index (χ0n) is 78.8. The molecular formula is C114H138N12O8. The molecule has 16 rings (SSSR count). The van der Waals surface area contributed by atoms with Gasteiger partial charge in [-0.05, 0) is 206 Å². The number of nitrogens with zero attached hydrogens (tertiary/aromatic N) is 4. The standard InChI is InChI=1S/C43H46N4O2.C36H46N4O3.C35H46N4O3/c48-42(37-23-22-32-14-8-9-19-35(32)28-37)44-30-38-24-27-47(31-39(33-15-4-1-5-16-33)34-17-6-2-7-18-34)43(49)40(45-38)29-36-20-10-11-21-41(36)46-25-12-3-13-26-46;1-2-26(27-11-5-3-6-12-27)25-40-22-21-32(24-37-35(42)30-18-17-28-13-9-10-14-29(28)23-30)38-33(36(40)43)19-20-34(41)39-31-15-7-4-8-16-31;1-4-20-36-25(3)33(40)18-17-32-35(42)39(24-26(5-2)27-11-7-6-8-12-27)21-19-31(38-32)23-37-34(41)30-16-15-28-13-9-10-14-29(28)22-30/h1-2,4-11,14-23,28,38-40,45H,3,12-13,24-27,29-31H2,(H,44,48);3,5-6,9-14,17-18,23,26,31-33,38H,2,4,7-8,15-16,19-22,24-25H2,1H3,(H,37,42)(H,39,41);6-16,22,25-26,31-32,36,38H,4-5,17-21,23-24H2,1-3H3,(H,37,41)/t38-,40-;26-,32+,33+;25?,26-,31+,32+/m011/s1. The van der Waals surface area contributed by atoms with Crippen molar-refractivity contribution in [2.75, 3.05) is 83.4 Å². The summed E-state index contributed by atoms with van der Waals surface area (Å²) < 4.78 is 0. The predicted octanol–water partition coefficient (Wildman–Crippen LogP) is 17.8. The maximum absolute atomic E-state index is 14.6. The number of hydrogen-bond acceptors (Lipinski definition) is 13. The molecule has 11 aromatic carbocycles. The Labute approximate surface area is 792 Å². The van der Waals surface area contributed by atoms with Gasteiger partial charge in [-0.3, -0.25) is 38.4 Å². The van der Waals surface area contributed by atoms with Gasteiger partial charge in [0.2, 0.25) is 23.6 Å². The third-order valence-electron chi connectivity index (χ3n) is 27.8. The Bertz CT molecular complexity index is 5600. The van der Waals surface area contributed by atoms with E-state index in [2.05, 4.69) is 176 Å². The second-order valence-electron chi connectivity index (χ2n) is 37.2. The first kappa shape index (κ1) is 97.8. The summed E-state index contributed by atoms with van der Waals surface area (Å²) in [5, 5.41) is 33.0. The summed E-state index contributed by atoms with van der Waals surface area (Å²) in [6.45, 7) is 16.1. The molecule has 9 atom stereocenters. The number of hydrogen-bond donors (Lipinski definition) is 8. The Morgan fingerprint density at radius 1 is 0.381 bits per heavy atom. The van der Waals surface area contributed by atoms with Crippen molar-refractivity contribution in [3.05, 3.63) is 317 Å². The minimum atomic E-state index is -0.481. The van der Waals surface area contributed by atoms with Gasteiger partial charge in [-0.1, -0.05) is 271 Å². The molecule has 5 aliphatic rings. The molecule has 0 bridgehead atoms. The van der Waals surface area contributed by atoms with Crippen LogP contribution in [0.1, 0.15) is 220 Å². The molecular weight excluding hydrogens is 1670 g/mol. The van der Waals surface area contributed by atoms with E-state index in [1.54, 1.807) is 0 Å². The number of piperidine rings is 1. The lowest BCUT2D eigenvalue weighted by atomic mass is 9.90. The van der Waals surface area contributed by atoms with Crippen LogP contribution in [-0.2, 0) is 30.4 Å². The molecule has 0 spiro atoms. The predicted molar refractivity (Wildman–Crippen MR) is 541 cm³/mol. The van der Waals surface area contributed by atoms with Gasteiger partial charge in [0.1, 0.15) is 5.78 Å². The minimum absolute atomic E-state index is 0.0224. The molecule has 1 unspecified atom stereocenters. The molecule has 1 saturated carbocycles. The number of Topliss-reactive ketones (excluding diaryl/α,β-unsaturated/α-hetero) is 1. The molecule has 20 nitrogen and oxygen atoms in total.